The van der Waals surface area contributed by atoms with Crippen LogP contribution in [0.1, 0.15) is 5.56 Å². The molecule has 0 heterocycles. The van der Waals surface area contributed by atoms with Gasteiger partial charge in [0.05, 0.1) is 11.4 Å². The number of hydrogen-bond acceptors (Lipinski definition) is 5. The van der Waals surface area contributed by atoms with Crippen LogP contribution in [0.3, 0.4) is 0 Å². The molecule has 2 N–H and O–H groups in total. The number of nitrogens with zero attached hydrogens (tertiary/aromatic N) is 2. The fourth-order valence-electron chi connectivity index (χ4n) is 1.56. The van der Waals surface area contributed by atoms with Crippen LogP contribution in [0.4, 0.5) is 10.1 Å². The smallest absolute Gasteiger partial charge is 0.248 e. The van der Waals surface area contributed by atoms with E-state index in [1.54, 1.807) is 49.5 Å². The van der Waals surface area contributed by atoms with Gasteiger partial charge in [-0.3, -0.25) is 0 Å². The Hall–Kier alpha value is -0.960. The first-order valence-corrected chi connectivity index (χ1v) is 9.24. The van der Waals surface area contributed by atoms with Gasteiger partial charge >= 0.3 is 0 Å². The summed E-state index contributed by atoms with van der Waals surface area (Å²) in [6, 6.07) is 6.52. The van der Waals surface area contributed by atoms with Crippen molar-refractivity contribution in [2.24, 2.45) is 5.73 Å². The minimum atomic E-state index is -3.76. The zero-order valence-corrected chi connectivity index (χ0v) is 14.7. The second-order valence-corrected chi connectivity index (χ2v) is 8.32. The summed E-state index contributed by atoms with van der Waals surface area (Å²) in [6.07, 6.45) is 3.10. The van der Waals surface area contributed by atoms with Gasteiger partial charge in [0.2, 0.25) is 15.0 Å². The zero-order chi connectivity index (χ0) is 16.8. The van der Waals surface area contributed by atoms with Gasteiger partial charge in [-0.2, -0.15) is 0 Å². The molecule has 124 valence electrons. The second kappa shape index (κ2) is 8.61. The van der Waals surface area contributed by atoms with Gasteiger partial charge in [-0.15, -0.1) is 0 Å². The van der Waals surface area contributed by atoms with Crippen LogP contribution in [-0.4, -0.2) is 38.1 Å². The quantitative estimate of drug-likeness (QED) is 0.565. The number of rotatable bonds is 8. The van der Waals surface area contributed by atoms with Gasteiger partial charge in [-0.1, -0.05) is 29.8 Å². The van der Waals surface area contributed by atoms with E-state index in [1.807, 2.05) is 0 Å². The number of sulfonamides is 1. The van der Waals surface area contributed by atoms with E-state index in [2.05, 4.69) is 0 Å². The minimum absolute atomic E-state index is 0.263. The molecule has 1 atom stereocenters. The van der Waals surface area contributed by atoms with Crippen LogP contribution in [0.25, 0.3) is 0 Å². The van der Waals surface area contributed by atoms with Crippen LogP contribution in [0.2, 0.25) is 0 Å². The molecule has 1 aromatic rings. The van der Waals surface area contributed by atoms with Crippen LogP contribution in [0.5, 0.6) is 0 Å². The Kier molecular flexibility index (Phi) is 7.47. The third-order valence-electron chi connectivity index (χ3n) is 2.52. The van der Waals surface area contributed by atoms with Gasteiger partial charge in [0.1, 0.15) is 0 Å². The fourth-order valence-corrected chi connectivity index (χ4v) is 4.17. The van der Waals surface area contributed by atoms with Crippen LogP contribution in [0, 0.1) is 0 Å². The van der Waals surface area contributed by atoms with Gasteiger partial charge in [-0.25, -0.2) is 16.5 Å². The van der Waals surface area contributed by atoms with Gasteiger partial charge in [0, 0.05) is 32.6 Å². The van der Waals surface area contributed by atoms with E-state index in [0.717, 1.165) is 9.27 Å². The van der Waals surface area contributed by atoms with Gasteiger partial charge in [0.15, 0.2) is 0 Å². The van der Waals surface area contributed by atoms with Crippen LogP contribution >= 0.6 is 23.5 Å². The largest absolute Gasteiger partial charge is 0.384 e. The lowest BCUT2D eigenvalue weighted by Crippen LogP contribution is -2.27. The maximum atomic E-state index is 13.1. The van der Waals surface area contributed by atoms with Crippen LogP contribution in [0.15, 0.2) is 36.5 Å². The van der Waals surface area contributed by atoms with Gasteiger partial charge < -0.3 is 10.6 Å². The molecular weight excluding hydrogens is 349 g/mol. The molecule has 1 unspecified atom stereocenters. The summed E-state index contributed by atoms with van der Waals surface area (Å²) in [4.78, 5) is -0.162. The SMILES string of the molecule is CN(C)C=CCS(=O)(=O)N(SC(F)Cl)c1ccc(CN)cc1. The number of alkyl halides is 2. The van der Waals surface area contributed by atoms with Gasteiger partial charge in [-0.05, 0) is 23.9 Å². The highest BCUT2D eigenvalue weighted by Gasteiger charge is 2.25. The lowest BCUT2D eigenvalue weighted by atomic mass is 10.2. The molecule has 1 rings (SSSR count). The standard InChI is InChI=1S/C13H19ClFN3O2S2/c1-17(2)8-3-9-22(19,20)18(21-13(14)15)12-6-4-11(10-16)5-7-12/h3-8,13H,9-10,16H2,1-2H3. The van der Waals surface area contributed by atoms with E-state index in [1.165, 1.54) is 6.08 Å². The van der Waals surface area contributed by atoms with E-state index < -0.39 is 15.0 Å². The van der Waals surface area contributed by atoms with Crippen molar-refractivity contribution in [1.29, 1.82) is 0 Å². The highest BCUT2D eigenvalue weighted by Crippen LogP contribution is 2.32. The Labute approximate surface area is 140 Å². The van der Waals surface area contributed by atoms with Crippen LogP contribution < -0.4 is 9.44 Å². The summed E-state index contributed by atoms with van der Waals surface area (Å²) < 4.78 is 38.8. The molecular formula is C13H19ClFN3O2S2. The molecule has 22 heavy (non-hydrogen) atoms. The van der Waals surface area contributed by atoms with E-state index >= 15 is 0 Å². The predicted molar refractivity (Wildman–Crippen MR) is 91.8 cm³/mol. The monoisotopic (exact) mass is 367 g/mol. The molecule has 0 radical (unpaired) electrons. The molecule has 5 nitrogen and oxygen atoms in total. The highest BCUT2D eigenvalue weighted by atomic mass is 35.5. The Morgan fingerprint density at radius 1 is 1.36 bits per heavy atom. The van der Waals surface area contributed by atoms with Crippen molar-refractivity contribution >= 4 is 39.3 Å². The summed E-state index contributed by atoms with van der Waals surface area (Å²) >= 11 is 5.71. The molecule has 0 bridgehead atoms. The van der Waals surface area contributed by atoms with E-state index in [9.17, 15) is 12.8 Å². The average Bonchev–Trinajstić information content (AvgIpc) is 2.44. The third-order valence-corrected chi connectivity index (χ3v) is 5.59. The first-order valence-electron chi connectivity index (χ1n) is 6.36. The Morgan fingerprint density at radius 2 is 1.95 bits per heavy atom. The fraction of sp³-hybridized carbons (Fsp3) is 0.385. The maximum absolute atomic E-state index is 13.1. The maximum Gasteiger partial charge on any atom is 0.248 e. The van der Waals surface area contributed by atoms with Crippen molar-refractivity contribution in [3.8, 4) is 0 Å². The minimum Gasteiger partial charge on any atom is -0.384 e. The molecule has 0 aliphatic carbocycles. The zero-order valence-electron chi connectivity index (χ0n) is 12.3. The summed E-state index contributed by atoms with van der Waals surface area (Å²) in [5.41, 5.74) is 6.68. The van der Waals surface area contributed by atoms with Crippen molar-refractivity contribution in [1.82, 2.24) is 4.90 Å². The topological polar surface area (TPSA) is 66.6 Å². The molecule has 0 aliphatic heterocycles. The molecule has 0 saturated heterocycles. The lowest BCUT2D eigenvalue weighted by molar-refractivity contribution is 0.559. The predicted octanol–water partition coefficient (Wildman–Crippen LogP) is 2.50. The summed E-state index contributed by atoms with van der Waals surface area (Å²) in [5.74, 6) is -0.263. The van der Waals surface area contributed by atoms with Crippen molar-refractivity contribution in [3.05, 3.63) is 42.1 Å². The normalized spacial score (nSPS) is 13.3. The number of anilines is 1. The number of nitrogens with two attached hydrogens (primary N) is 1. The number of benzene rings is 1. The van der Waals surface area contributed by atoms with Crippen LogP contribution in [-0.2, 0) is 16.6 Å². The summed E-state index contributed by atoms with van der Waals surface area (Å²) in [7, 11) is -0.208. The van der Waals surface area contributed by atoms with E-state index in [0.29, 0.717) is 24.2 Å². The van der Waals surface area contributed by atoms with E-state index in [4.69, 9.17) is 17.3 Å². The molecule has 0 aliphatic rings. The summed E-state index contributed by atoms with van der Waals surface area (Å²) in [5, 5.41) is 0. The number of hydrogen-bond donors (Lipinski definition) is 1. The van der Waals surface area contributed by atoms with Crippen molar-refractivity contribution in [3.63, 3.8) is 0 Å². The van der Waals surface area contributed by atoms with Crippen molar-refractivity contribution < 1.29 is 12.8 Å². The Morgan fingerprint density at radius 3 is 2.41 bits per heavy atom. The van der Waals surface area contributed by atoms with Crippen molar-refractivity contribution in [2.45, 2.75) is 11.5 Å². The molecule has 0 spiro atoms. The molecule has 0 saturated carbocycles. The second-order valence-electron chi connectivity index (χ2n) is 4.59. The average molecular weight is 368 g/mol. The van der Waals surface area contributed by atoms with Crippen molar-refractivity contribution in [2.75, 3.05) is 23.6 Å². The Bertz CT molecular complexity index is 592. The van der Waals surface area contributed by atoms with Gasteiger partial charge in [0.25, 0.3) is 0 Å². The molecule has 9 heteroatoms. The molecule has 0 amide bonds. The summed E-state index contributed by atoms with van der Waals surface area (Å²) in [6.45, 7) is 0.340. The Balaban J connectivity index is 3.04. The molecule has 1 aromatic carbocycles. The molecule has 0 fully saturated rings. The third kappa shape index (κ3) is 6.04. The first kappa shape index (κ1) is 19.1. The first-order chi connectivity index (χ1) is 10.3. The lowest BCUT2D eigenvalue weighted by Gasteiger charge is -2.22. The number of halogens is 2. The molecule has 0 aromatic heterocycles. The van der Waals surface area contributed by atoms with E-state index in [-0.39, 0.29) is 5.75 Å². The highest BCUT2D eigenvalue weighted by molar-refractivity contribution is 8.15.